The van der Waals surface area contributed by atoms with Crippen LogP contribution < -0.4 is 9.62 Å². The van der Waals surface area contributed by atoms with Crippen LogP contribution >= 0.6 is 27.5 Å². The van der Waals surface area contributed by atoms with Crippen LogP contribution in [-0.2, 0) is 32.3 Å². The molecule has 0 aliphatic carbocycles. The number of anilines is 1. The van der Waals surface area contributed by atoms with Gasteiger partial charge in [0.05, 0.1) is 22.5 Å². The summed E-state index contributed by atoms with van der Waals surface area (Å²) < 4.78 is 66.5. The Morgan fingerprint density at radius 3 is 2.30 bits per heavy atom. The quantitative estimate of drug-likeness (QED) is 0.347. The normalized spacial score (nSPS) is 12.6. The monoisotopic (exact) mass is 625 g/mol. The van der Waals surface area contributed by atoms with Gasteiger partial charge in [0, 0.05) is 17.6 Å². The van der Waals surface area contributed by atoms with Gasteiger partial charge in [-0.05, 0) is 49.2 Å². The van der Waals surface area contributed by atoms with Crippen molar-refractivity contribution in [2.75, 3.05) is 23.7 Å². The first-order valence-corrected chi connectivity index (χ1v) is 14.3. The molecule has 0 heterocycles. The predicted octanol–water partition coefficient (Wildman–Crippen LogP) is 5.22. The first kappa shape index (κ1) is 30.9. The van der Waals surface area contributed by atoms with Gasteiger partial charge in [0.15, 0.2) is 0 Å². The van der Waals surface area contributed by atoms with Gasteiger partial charge in [-0.15, -0.1) is 0 Å². The molecule has 2 aromatic rings. The van der Waals surface area contributed by atoms with Crippen molar-refractivity contribution in [1.29, 1.82) is 0 Å². The highest BCUT2D eigenvalue weighted by Gasteiger charge is 2.34. The van der Waals surface area contributed by atoms with E-state index >= 15 is 0 Å². The molecule has 0 aliphatic rings. The minimum absolute atomic E-state index is 0.0393. The van der Waals surface area contributed by atoms with Gasteiger partial charge in [0.1, 0.15) is 12.6 Å². The summed E-state index contributed by atoms with van der Waals surface area (Å²) in [5.74, 6) is -1.23. The second kappa shape index (κ2) is 13.0. The predicted molar refractivity (Wildman–Crippen MR) is 141 cm³/mol. The largest absolute Gasteiger partial charge is 0.416 e. The summed E-state index contributed by atoms with van der Waals surface area (Å²) in [5, 5.41) is 2.46. The lowest BCUT2D eigenvalue weighted by Crippen LogP contribution is -2.51. The van der Waals surface area contributed by atoms with Gasteiger partial charge >= 0.3 is 6.18 Å². The minimum Gasteiger partial charge on any atom is -0.354 e. The molecule has 204 valence electrons. The van der Waals surface area contributed by atoms with E-state index in [2.05, 4.69) is 21.2 Å². The Bertz CT molecular complexity index is 1210. The third kappa shape index (κ3) is 8.89. The van der Waals surface area contributed by atoms with Crippen LogP contribution in [0.5, 0.6) is 0 Å². The summed E-state index contributed by atoms with van der Waals surface area (Å²) in [7, 11) is -4.25. The molecule has 1 atom stereocenters. The number of hydrogen-bond donors (Lipinski definition) is 1. The molecule has 0 saturated carbocycles. The number of sulfonamides is 1. The van der Waals surface area contributed by atoms with E-state index in [9.17, 15) is 31.2 Å². The van der Waals surface area contributed by atoms with Gasteiger partial charge in [-0.1, -0.05) is 53.0 Å². The maximum absolute atomic E-state index is 13.5. The lowest BCUT2D eigenvalue weighted by Gasteiger charge is -2.32. The van der Waals surface area contributed by atoms with Crippen molar-refractivity contribution in [1.82, 2.24) is 10.2 Å². The van der Waals surface area contributed by atoms with Crippen LogP contribution in [0.4, 0.5) is 18.9 Å². The van der Waals surface area contributed by atoms with Crippen LogP contribution in [0.25, 0.3) is 0 Å². The summed E-state index contributed by atoms with van der Waals surface area (Å²) in [6, 6.07) is 8.17. The lowest BCUT2D eigenvalue weighted by molar-refractivity contribution is -0.139. The van der Waals surface area contributed by atoms with E-state index in [1.807, 2.05) is 6.92 Å². The van der Waals surface area contributed by atoms with Gasteiger partial charge in [-0.2, -0.15) is 13.2 Å². The van der Waals surface area contributed by atoms with E-state index in [-0.39, 0.29) is 11.6 Å². The summed E-state index contributed by atoms with van der Waals surface area (Å²) in [6.07, 6.45) is -2.42. The molecule has 13 heteroatoms. The van der Waals surface area contributed by atoms with Crippen LogP contribution in [-0.4, -0.2) is 50.5 Å². The van der Waals surface area contributed by atoms with Crippen molar-refractivity contribution in [3.8, 4) is 0 Å². The first-order chi connectivity index (χ1) is 17.1. The fourth-order valence-electron chi connectivity index (χ4n) is 3.38. The zero-order chi connectivity index (χ0) is 28.0. The fourth-order valence-corrected chi connectivity index (χ4v) is 4.77. The topological polar surface area (TPSA) is 86.8 Å². The molecule has 0 fully saturated rings. The smallest absolute Gasteiger partial charge is 0.354 e. The number of nitrogens with one attached hydrogen (secondary N) is 1. The van der Waals surface area contributed by atoms with Crippen molar-refractivity contribution in [2.45, 2.75) is 45.5 Å². The number of carbonyl (C=O) groups is 2. The van der Waals surface area contributed by atoms with Gasteiger partial charge < -0.3 is 10.2 Å². The maximum atomic E-state index is 13.5. The van der Waals surface area contributed by atoms with Crippen molar-refractivity contribution >= 4 is 55.1 Å². The minimum atomic E-state index is -4.76. The van der Waals surface area contributed by atoms with E-state index in [0.29, 0.717) is 22.5 Å². The molecule has 37 heavy (non-hydrogen) atoms. The van der Waals surface area contributed by atoms with E-state index in [1.165, 1.54) is 11.8 Å². The van der Waals surface area contributed by atoms with Crippen LogP contribution in [0.15, 0.2) is 46.9 Å². The number of nitrogens with zero attached hydrogens (tertiary/aromatic N) is 2. The number of unbranched alkanes of at least 4 members (excludes halogenated alkanes) is 1. The highest BCUT2D eigenvalue weighted by molar-refractivity contribution is 9.10. The Kier molecular flexibility index (Phi) is 10.8. The number of benzene rings is 2. The van der Waals surface area contributed by atoms with E-state index in [1.54, 1.807) is 24.3 Å². The maximum Gasteiger partial charge on any atom is 0.416 e. The average Bonchev–Trinajstić information content (AvgIpc) is 2.80. The molecular formula is C24H28BrClF3N3O4S. The van der Waals surface area contributed by atoms with Crippen LogP contribution in [0.2, 0.25) is 5.02 Å². The Morgan fingerprint density at radius 2 is 1.76 bits per heavy atom. The Hall–Kier alpha value is -2.31. The number of alkyl halides is 3. The SMILES string of the molecule is CCCCNC(=O)C(C)N(Cc1ccc(Br)cc1)C(=O)CN(c1cc(C(F)(F)F)ccc1Cl)S(C)(=O)=O. The number of carbonyl (C=O) groups excluding carboxylic acids is 2. The highest BCUT2D eigenvalue weighted by Crippen LogP contribution is 2.36. The van der Waals surface area contributed by atoms with Crippen molar-refractivity contribution in [2.24, 2.45) is 0 Å². The summed E-state index contributed by atoms with van der Waals surface area (Å²) >= 11 is 9.40. The van der Waals surface area contributed by atoms with Gasteiger partial charge in [-0.3, -0.25) is 13.9 Å². The molecule has 2 rings (SSSR count). The summed E-state index contributed by atoms with van der Waals surface area (Å²) in [6.45, 7) is 2.96. The third-order valence-electron chi connectivity index (χ3n) is 5.48. The zero-order valence-electron chi connectivity index (χ0n) is 20.5. The van der Waals surface area contributed by atoms with Crippen LogP contribution in [0.3, 0.4) is 0 Å². The molecule has 0 aromatic heterocycles. The number of amides is 2. The Labute approximate surface area is 228 Å². The van der Waals surface area contributed by atoms with E-state index in [4.69, 9.17) is 11.6 Å². The molecule has 0 bridgehead atoms. The second-order valence-corrected chi connectivity index (χ2v) is 11.6. The molecular weight excluding hydrogens is 599 g/mol. The highest BCUT2D eigenvalue weighted by atomic mass is 79.9. The molecule has 2 aromatic carbocycles. The van der Waals surface area contributed by atoms with Crippen molar-refractivity contribution in [3.63, 3.8) is 0 Å². The molecule has 1 N–H and O–H groups in total. The third-order valence-corrected chi connectivity index (χ3v) is 7.46. The molecule has 0 saturated heterocycles. The molecule has 0 aliphatic heterocycles. The van der Waals surface area contributed by atoms with Gasteiger partial charge in [0.2, 0.25) is 21.8 Å². The van der Waals surface area contributed by atoms with E-state index in [0.717, 1.165) is 35.7 Å². The van der Waals surface area contributed by atoms with Crippen molar-refractivity contribution < 1.29 is 31.2 Å². The molecule has 0 spiro atoms. The van der Waals surface area contributed by atoms with Crippen molar-refractivity contribution in [3.05, 3.63) is 63.1 Å². The zero-order valence-corrected chi connectivity index (χ0v) is 23.6. The molecule has 1 unspecified atom stereocenters. The number of rotatable bonds is 11. The standard InChI is InChI=1S/C24H28BrClF3N3O4S/c1-4-5-12-30-23(34)16(2)31(14-17-6-9-19(25)10-7-17)22(33)15-32(37(3,35)36)21-13-18(24(27,28)29)8-11-20(21)26/h6-11,13,16H,4-5,12,14-15H2,1-3H3,(H,30,34). The van der Waals surface area contributed by atoms with Gasteiger partial charge in [0.25, 0.3) is 0 Å². The number of halogens is 5. The number of hydrogen-bond acceptors (Lipinski definition) is 4. The lowest BCUT2D eigenvalue weighted by atomic mass is 10.1. The average molecular weight is 627 g/mol. The molecule has 7 nitrogen and oxygen atoms in total. The fraction of sp³-hybridized carbons (Fsp3) is 0.417. The Morgan fingerprint density at radius 1 is 1.14 bits per heavy atom. The van der Waals surface area contributed by atoms with Crippen LogP contribution in [0.1, 0.15) is 37.8 Å². The molecule has 0 radical (unpaired) electrons. The summed E-state index contributed by atoms with van der Waals surface area (Å²) in [5.41, 5.74) is -0.952. The first-order valence-electron chi connectivity index (χ1n) is 11.3. The Balaban J connectivity index is 2.45. The van der Waals surface area contributed by atoms with E-state index < -0.39 is 51.9 Å². The summed E-state index contributed by atoms with van der Waals surface area (Å²) in [4.78, 5) is 27.4. The van der Waals surface area contributed by atoms with Gasteiger partial charge in [-0.25, -0.2) is 8.42 Å². The molecule has 2 amide bonds. The van der Waals surface area contributed by atoms with Crippen LogP contribution in [0, 0.1) is 0 Å². The second-order valence-electron chi connectivity index (χ2n) is 8.40.